The van der Waals surface area contributed by atoms with E-state index in [0.717, 1.165) is 39.3 Å². The molecule has 0 radical (unpaired) electrons. The summed E-state index contributed by atoms with van der Waals surface area (Å²) in [4.78, 5) is 20.9. The van der Waals surface area contributed by atoms with Crippen molar-refractivity contribution in [2.75, 3.05) is 0 Å². The topological polar surface area (TPSA) is 73.8 Å². The predicted octanol–water partition coefficient (Wildman–Crippen LogP) is 4.59. The standard InChI is InChI=1S/C23H24N4OS/c1-14(2)8-15-4-5-17(23(24)28)9-18(15)11-22-26-20(12-29-22)16-6-7-21-19(10-16)25-13-27(21)3/h4-7,9-10,12-14H,8,11H2,1-3H3,(H2,24,28). The lowest BCUT2D eigenvalue weighted by Crippen LogP contribution is -2.12. The molecule has 0 aliphatic heterocycles. The number of nitrogens with zero attached hydrogens (tertiary/aromatic N) is 3. The van der Waals surface area contributed by atoms with Crippen LogP contribution >= 0.6 is 11.3 Å². The molecule has 2 heterocycles. The number of hydrogen-bond donors (Lipinski definition) is 1. The van der Waals surface area contributed by atoms with Crippen molar-refractivity contribution in [1.29, 1.82) is 0 Å². The van der Waals surface area contributed by atoms with Gasteiger partial charge in [0, 0.05) is 30.0 Å². The molecule has 0 aliphatic carbocycles. The lowest BCUT2D eigenvalue weighted by atomic mass is 9.94. The zero-order valence-electron chi connectivity index (χ0n) is 16.8. The molecule has 4 aromatic rings. The zero-order chi connectivity index (χ0) is 20.5. The van der Waals surface area contributed by atoms with Crippen molar-refractivity contribution >= 4 is 28.3 Å². The van der Waals surface area contributed by atoms with E-state index in [9.17, 15) is 4.79 Å². The van der Waals surface area contributed by atoms with Gasteiger partial charge in [0.1, 0.15) is 0 Å². The van der Waals surface area contributed by atoms with Gasteiger partial charge in [0.25, 0.3) is 0 Å². The second kappa shape index (κ2) is 7.79. The van der Waals surface area contributed by atoms with Crippen molar-refractivity contribution in [2.45, 2.75) is 26.7 Å². The third-order valence-electron chi connectivity index (χ3n) is 5.03. The second-order valence-corrected chi connectivity index (χ2v) is 8.75. The molecule has 2 N–H and O–H groups in total. The Hall–Kier alpha value is -2.99. The monoisotopic (exact) mass is 404 g/mol. The third-order valence-corrected chi connectivity index (χ3v) is 5.88. The van der Waals surface area contributed by atoms with Crippen LogP contribution in [-0.4, -0.2) is 20.4 Å². The molecule has 0 spiro atoms. The Morgan fingerprint density at radius 1 is 1.17 bits per heavy atom. The van der Waals surface area contributed by atoms with E-state index in [0.29, 0.717) is 17.9 Å². The average molecular weight is 405 g/mol. The second-order valence-electron chi connectivity index (χ2n) is 7.81. The number of carbonyl (C=O) groups excluding carboxylic acids is 1. The van der Waals surface area contributed by atoms with Crippen molar-refractivity contribution in [2.24, 2.45) is 18.7 Å². The molecule has 29 heavy (non-hydrogen) atoms. The van der Waals surface area contributed by atoms with E-state index in [1.54, 1.807) is 11.3 Å². The Bertz CT molecular complexity index is 1190. The van der Waals surface area contributed by atoms with E-state index in [2.05, 4.69) is 42.4 Å². The summed E-state index contributed by atoms with van der Waals surface area (Å²) < 4.78 is 2.01. The lowest BCUT2D eigenvalue weighted by molar-refractivity contribution is 0.1000. The highest BCUT2D eigenvalue weighted by Crippen LogP contribution is 2.27. The van der Waals surface area contributed by atoms with E-state index >= 15 is 0 Å². The Balaban J connectivity index is 1.64. The number of benzene rings is 2. The minimum atomic E-state index is -0.397. The number of hydrogen-bond acceptors (Lipinski definition) is 4. The number of nitrogens with two attached hydrogens (primary N) is 1. The van der Waals surface area contributed by atoms with E-state index in [4.69, 9.17) is 10.7 Å². The van der Waals surface area contributed by atoms with Crippen LogP contribution in [0, 0.1) is 5.92 Å². The van der Waals surface area contributed by atoms with Gasteiger partial charge in [-0.1, -0.05) is 26.0 Å². The maximum Gasteiger partial charge on any atom is 0.248 e. The summed E-state index contributed by atoms with van der Waals surface area (Å²) in [5.74, 6) is 0.135. The molecule has 0 fully saturated rings. The normalized spacial score (nSPS) is 11.4. The maximum atomic E-state index is 11.6. The molecule has 0 saturated heterocycles. The zero-order valence-corrected chi connectivity index (χ0v) is 17.7. The number of fused-ring (bicyclic) bond motifs is 1. The van der Waals surface area contributed by atoms with E-state index in [-0.39, 0.29) is 0 Å². The number of carbonyl (C=O) groups is 1. The van der Waals surface area contributed by atoms with E-state index < -0.39 is 5.91 Å². The number of aryl methyl sites for hydroxylation is 1. The van der Waals surface area contributed by atoms with Gasteiger partial charge >= 0.3 is 0 Å². The Labute approximate surface area is 174 Å². The highest BCUT2D eigenvalue weighted by Gasteiger charge is 2.13. The largest absolute Gasteiger partial charge is 0.366 e. The molecule has 1 amide bonds. The molecular weight excluding hydrogens is 380 g/mol. The Morgan fingerprint density at radius 2 is 2.00 bits per heavy atom. The molecule has 4 rings (SSSR count). The van der Waals surface area contributed by atoms with Crippen LogP contribution in [0.3, 0.4) is 0 Å². The summed E-state index contributed by atoms with van der Waals surface area (Å²) in [6, 6.07) is 12.0. The first-order valence-electron chi connectivity index (χ1n) is 9.68. The van der Waals surface area contributed by atoms with Gasteiger partial charge in [0.05, 0.1) is 28.1 Å². The third kappa shape index (κ3) is 4.07. The first-order valence-corrected chi connectivity index (χ1v) is 10.6. The number of aromatic nitrogens is 3. The van der Waals surface area contributed by atoms with Crippen molar-refractivity contribution in [3.63, 3.8) is 0 Å². The molecule has 2 aromatic carbocycles. The van der Waals surface area contributed by atoms with Gasteiger partial charge in [-0.15, -0.1) is 11.3 Å². The fourth-order valence-electron chi connectivity index (χ4n) is 3.57. The number of rotatable bonds is 6. The highest BCUT2D eigenvalue weighted by atomic mass is 32.1. The average Bonchev–Trinajstić information content (AvgIpc) is 3.29. The molecular formula is C23H24N4OS. The summed E-state index contributed by atoms with van der Waals surface area (Å²) >= 11 is 1.64. The molecule has 0 unspecified atom stereocenters. The first kappa shape index (κ1) is 19.3. The molecule has 2 aromatic heterocycles. The highest BCUT2D eigenvalue weighted by molar-refractivity contribution is 7.10. The minimum absolute atomic E-state index is 0.397. The number of amides is 1. The van der Waals surface area contributed by atoms with Crippen LogP contribution in [0.25, 0.3) is 22.3 Å². The van der Waals surface area contributed by atoms with Crippen LogP contribution in [0.1, 0.15) is 40.3 Å². The van der Waals surface area contributed by atoms with E-state index in [1.165, 1.54) is 5.56 Å². The van der Waals surface area contributed by atoms with Crippen molar-refractivity contribution in [3.05, 3.63) is 69.8 Å². The van der Waals surface area contributed by atoms with Crippen LogP contribution in [0.5, 0.6) is 0 Å². The van der Waals surface area contributed by atoms with Crippen LogP contribution in [0.15, 0.2) is 48.1 Å². The molecule has 6 heteroatoms. The smallest absolute Gasteiger partial charge is 0.248 e. The molecule has 0 bridgehead atoms. The molecule has 148 valence electrons. The molecule has 5 nitrogen and oxygen atoms in total. The number of thiazole rings is 1. The van der Waals surface area contributed by atoms with Crippen LogP contribution < -0.4 is 5.73 Å². The van der Waals surface area contributed by atoms with Crippen molar-refractivity contribution in [1.82, 2.24) is 14.5 Å². The van der Waals surface area contributed by atoms with Gasteiger partial charge in [-0.2, -0.15) is 0 Å². The van der Waals surface area contributed by atoms with Gasteiger partial charge in [0.2, 0.25) is 5.91 Å². The van der Waals surface area contributed by atoms with Gasteiger partial charge < -0.3 is 10.3 Å². The fourth-order valence-corrected chi connectivity index (χ4v) is 4.39. The quantitative estimate of drug-likeness (QED) is 0.511. The summed E-state index contributed by atoms with van der Waals surface area (Å²) in [5, 5.41) is 3.10. The van der Waals surface area contributed by atoms with Gasteiger partial charge in [-0.05, 0) is 47.7 Å². The van der Waals surface area contributed by atoms with Gasteiger partial charge in [-0.25, -0.2) is 9.97 Å². The minimum Gasteiger partial charge on any atom is -0.366 e. The summed E-state index contributed by atoms with van der Waals surface area (Å²) in [6.45, 7) is 4.39. The van der Waals surface area contributed by atoms with Gasteiger partial charge in [-0.3, -0.25) is 4.79 Å². The van der Waals surface area contributed by atoms with Crippen LogP contribution in [-0.2, 0) is 19.9 Å². The number of primary amides is 1. The van der Waals surface area contributed by atoms with E-state index in [1.807, 2.05) is 36.1 Å². The maximum absolute atomic E-state index is 11.6. The predicted molar refractivity (Wildman–Crippen MR) is 118 cm³/mol. The van der Waals surface area contributed by atoms with Crippen LogP contribution in [0.4, 0.5) is 0 Å². The van der Waals surface area contributed by atoms with Crippen molar-refractivity contribution < 1.29 is 4.79 Å². The summed E-state index contributed by atoms with van der Waals surface area (Å²) in [5.41, 5.74) is 12.5. The molecule has 0 saturated carbocycles. The SMILES string of the molecule is CC(C)Cc1ccc(C(N)=O)cc1Cc1nc(-c2ccc3c(c2)ncn3C)cs1. The summed E-state index contributed by atoms with van der Waals surface area (Å²) in [6.07, 6.45) is 3.48. The van der Waals surface area contributed by atoms with Gasteiger partial charge in [0.15, 0.2) is 0 Å². The summed E-state index contributed by atoms with van der Waals surface area (Å²) in [7, 11) is 1.99. The Morgan fingerprint density at radius 3 is 2.76 bits per heavy atom. The van der Waals surface area contributed by atoms with Crippen LogP contribution in [0.2, 0.25) is 0 Å². The van der Waals surface area contributed by atoms with Crippen molar-refractivity contribution in [3.8, 4) is 11.3 Å². The lowest BCUT2D eigenvalue weighted by Gasteiger charge is -2.12. The number of imidazole rings is 1. The first-order chi connectivity index (χ1) is 13.9. The fraction of sp³-hybridized carbons (Fsp3) is 0.261. The molecule has 0 aliphatic rings. The molecule has 0 atom stereocenters. The Kier molecular flexibility index (Phi) is 5.20.